The summed E-state index contributed by atoms with van der Waals surface area (Å²) in [5.41, 5.74) is 1.57. The summed E-state index contributed by atoms with van der Waals surface area (Å²) in [6.07, 6.45) is 6.58. The molecule has 2 aromatic heterocycles. The molecule has 1 atom stereocenters. The van der Waals surface area contributed by atoms with E-state index in [0.717, 1.165) is 29.8 Å². The van der Waals surface area contributed by atoms with Crippen LogP contribution in [0.3, 0.4) is 0 Å². The number of nitrogens with one attached hydrogen (secondary N) is 1. The van der Waals surface area contributed by atoms with Gasteiger partial charge in [0.25, 0.3) is 0 Å². The SMILES string of the molecule is Cn1ncc2c1CCN(S(C)(=O)=O)C2C(=O)NCCCc1nccs1. The Kier molecular flexibility index (Phi) is 5.21. The smallest absolute Gasteiger partial charge is 0.243 e. The van der Waals surface area contributed by atoms with E-state index in [9.17, 15) is 13.2 Å². The number of rotatable bonds is 6. The Labute approximate surface area is 150 Å². The Bertz CT molecular complexity index is 845. The highest BCUT2D eigenvalue weighted by Gasteiger charge is 2.39. The minimum Gasteiger partial charge on any atom is -0.354 e. The number of carbonyl (C=O) groups excluding carboxylic acids is 1. The number of amides is 1. The molecule has 8 nitrogen and oxygen atoms in total. The second-order valence-electron chi connectivity index (χ2n) is 6.02. The van der Waals surface area contributed by atoms with Gasteiger partial charge in [0.05, 0.1) is 17.5 Å². The first-order chi connectivity index (χ1) is 11.9. The molecule has 1 amide bonds. The van der Waals surface area contributed by atoms with Gasteiger partial charge in [0.1, 0.15) is 6.04 Å². The van der Waals surface area contributed by atoms with E-state index in [4.69, 9.17) is 0 Å². The van der Waals surface area contributed by atoms with Crippen molar-refractivity contribution in [3.05, 3.63) is 34.0 Å². The van der Waals surface area contributed by atoms with Crippen molar-refractivity contribution < 1.29 is 13.2 Å². The summed E-state index contributed by atoms with van der Waals surface area (Å²) < 4.78 is 27.2. The summed E-state index contributed by atoms with van der Waals surface area (Å²) >= 11 is 1.58. The number of aryl methyl sites for hydroxylation is 2. The molecule has 3 heterocycles. The molecule has 1 aliphatic heterocycles. The average molecular weight is 383 g/mol. The van der Waals surface area contributed by atoms with E-state index in [2.05, 4.69) is 15.4 Å². The predicted octanol–water partition coefficient (Wildman–Crippen LogP) is 0.484. The van der Waals surface area contributed by atoms with E-state index in [1.54, 1.807) is 35.5 Å². The Morgan fingerprint density at radius 2 is 2.28 bits per heavy atom. The molecule has 0 saturated heterocycles. The zero-order valence-corrected chi connectivity index (χ0v) is 15.8. The van der Waals surface area contributed by atoms with E-state index < -0.39 is 16.1 Å². The summed E-state index contributed by atoms with van der Waals surface area (Å²) in [4.78, 5) is 16.9. The van der Waals surface area contributed by atoms with Crippen molar-refractivity contribution in [2.75, 3.05) is 19.3 Å². The van der Waals surface area contributed by atoms with Gasteiger partial charge in [-0.05, 0) is 6.42 Å². The molecule has 0 radical (unpaired) electrons. The minimum absolute atomic E-state index is 0.280. The van der Waals surface area contributed by atoms with Crippen molar-refractivity contribution in [3.63, 3.8) is 0 Å². The summed E-state index contributed by atoms with van der Waals surface area (Å²) in [7, 11) is -1.69. The predicted molar refractivity (Wildman–Crippen MR) is 94.6 cm³/mol. The maximum Gasteiger partial charge on any atom is 0.243 e. The largest absolute Gasteiger partial charge is 0.354 e. The molecule has 1 unspecified atom stereocenters. The Morgan fingerprint density at radius 3 is 2.96 bits per heavy atom. The molecule has 0 aromatic carbocycles. The lowest BCUT2D eigenvalue weighted by molar-refractivity contribution is -0.125. The first-order valence-electron chi connectivity index (χ1n) is 8.01. The van der Waals surface area contributed by atoms with Crippen LogP contribution in [0.5, 0.6) is 0 Å². The number of nitrogens with zero attached hydrogens (tertiary/aromatic N) is 4. The van der Waals surface area contributed by atoms with Gasteiger partial charge in [0.15, 0.2) is 0 Å². The number of hydrogen-bond donors (Lipinski definition) is 1. The zero-order valence-electron chi connectivity index (χ0n) is 14.2. The molecule has 2 aromatic rings. The maximum absolute atomic E-state index is 12.7. The van der Waals surface area contributed by atoms with Gasteiger partial charge in [-0.15, -0.1) is 11.3 Å². The maximum atomic E-state index is 12.7. The quantitative estimate of drug-likeness (QED) is 0.732. The normalized spacial score (nSPS) is 18.1. The molecule has 25 heavy (non-hydrogen) atoms. The highest BCUT2D eigenvalue weighted by molar-refractivity contribution is 7.88. The molecular formula is C15H21N5O3S2. The van der Waals surface area contributed by atoms with Crippen LogP contribution in [-0.2, 0) is 34.7 Å². The van der Waals surface area contributed by atoms with Crippen LogP contribution >= 0.6 is 11.3 Å². The minimum atomic E-state index is -3.49. The van der Waals surface area contributed by atoms with Crippen LogP contribution in [0.15, 0.2) is 17.8 Å². The van der Waals surface area contributed by atoms with E-state index in [0.29, 0.717) is 18.5 Å². The van der Waals surface area contributed by atoms with E-state index in [1.807, 2.05) is 5.38 Å². The molecule has 0 fully saturated rings. The molecule has 1 aliphatic rings. The van der Waals surface area contributed by atoms with E-state index in [1.165, 1.54) is 4.31 Å². The Hall–Kier alpha value is -1.78. The van der Waals surface area contributed by atoms with Gasteiger partial charge < -0.3 is 5.32 Å². The molecular weight excluding hydrogens is 362 g/mol. The van der Waals surface area contributed by atoms with Crippen LogP contribution < -0.4 is 5.32 Å². The van der Waals surface area contributed by atoms with Gasteiger partial charge in [-0.1, -0.05) is 0 Å². The highest BCUT2D eigenvalue weighted by atomic mass is 32.2. The fourth-order valence-electron chi connectivity index (χ4n) is 3.07. The average Bonchev–Trinajstić information content (AvgIpc) is 3.20. The van der Waals surface area contributed by atoms with Crippen molar-refractivity contribution >= 4 is 27.3 Å². The van der Waals surface area contributed by atoms with Crippen molar-refractivity contribution in [3.8, 4) is 0 Å². The standard InChI is InChI=1S/C15H21N5O3S2/c1-19-12-5-8-20(25(2,22)23)14(11(12)10-18-19)15(21)17-6-3-4-13-16-7-9-24-13/h7,9-10,14H,3-6,8H2,1-2H3,(H,17,21). The molecule has 10 heteroatoms. The van der Waals surface area contributed by atoms with Crippen LogP contribution in [0.4, 0.5) is 0 Å². The van der Waals surface area contributed by atoms with Crippen LogP contribution in [-0.4, -0.2) is 52.7 Å². The number of fused-ring (bicyclic) bond motifs is 1. The van der Waals surface area contributed by atoms with Crippen LogP contribution in [0.1, 0.15) is 28.7 Å². The molecule has 0 spiro atoms. The molecule has 136 valence electrons. The van der Waals surface area contributed by atoms with Gasteiger partial charge in [-0.25, -0.2) is 13.4 Å². The zero-order chi connectivity index (χ0) is 18.0. The van der Waals surface area contributed by atoms with Crippen LogP contribution in [0, 0.1) is 0 Å². The third-order valence-corrected chi connectivity index (χ3v) is 6.35. The van der Waals surface area contributed by atoms with Crippen molar-refractivity contribution in [1.82, 2.24) is 24.4 Å². The molecule has 1 N–H and O–H groups in total. The Balaban J connectivity index is 1.70. The summed E-state index contributed by atoms with van der Waals surface area (Å²) in [6.45, 7) is 0.755. The monoisotopic (exact) mass is 383 g/mol. The van der Waals surface area contributed by atoms with Crippen molar-refractivity contribution in [2.45, 2.75) is 25.3 Å². The van der Waals surface area contributed by atoms with Gasteiger partial charge in [-0.2, -0.15) is 9.40 Å². The first-order valence-corrected chi connectivity index (χ1v) is 10.7. The van der Waals surface area contributed by atoms with Gasteiger partial charge in [-0.3, -0.25) is 9.48 Å². The van der Waals surface area contributed by atoms with E-state index >= 15 is 0 Å². The summed E-state index contributed by atoms with van der Waals surface area (Å²) in [5, 5.41) is 10.00. The van der Waals surface area contributed by atoms with Crippen molar-refractivity contribution in [2.24, 2.45) is 7.05 Å². The third-order valence-electron chi connectivity index (χ3n) is 4.27. The molecule has 0 saturated carbocycles. The van der Waals surface area contributed by atoms with Crippen LogP contribution in [0.2, 0.25) is 0 Å². The second kappa shape index (κ2) is 7.22. The number of sulfonamides is 1. The third kappa shape index (κ3) is 3.91. The topological polar surface area (TPSA) is 97.2 Å². The van der Waals surface area contributed by atoms with Gasteiger partial charge in [0, 0.05) is 55.8 Å². The molecule has 0 bridgehead atoms. The summed E-state index contributed by atoms with van der Waals surface area (Å²) in [6, 6.07) is -0.854. The molecule has 0 aliphatic carbocycles. The Morgan fingerprint density at radius 1 is 1.48 bits per heavy atom. The number of hydrogen-bond acceptors (Lipinski definition) is 6. The van der Waals surface area contributed by atoms with E-state index in [-0.39, 0.29) is 12.5 Å². The lowest BCUT2D eigenvalue weighted by Crippen LogP contribution is -2.47. The van der Waals surface area contributed by atoms with Gasteiger partial charge >= 0.3 is 0 Å². The highest BCUT2D eigenvalue weighted by Crippen LogP contribution is 2.31. The summed E-state index contributed by atoms with van der Waals surface area (Å²) in [5.74, 6) is -0.307. The number of carbonyl (C=O) groups is 1. The second-order valence-corrected chi connectivity index (χ2v) is 8.93. The van der Waals surface area contributed by atoms with Crippen LogP contribution in [0.25, 0.3) is 0 Å². The number of thiazole rings is 1. The van der Waals surface area contributed by atoms with Gasteiger partial charge in [0.2, 0.25) is 15.9 Å². The lowest BCUT2D eigenvalue weighted by atomic mass is 10.0. The number of aromatic nitrogens is 3. The van der Waals surface area contributed by atoms with Crippen molar-refractivity contribution in [1.29, 1.82) is 0 Å². The fraction of sp³-hybridized carbons (Fsp3) is 0.533. The fourth-order valence-corrected chi connectivity index (χ4v) is 4.75. The molecule has 3 rings (SSSR count). The lowest BCUT2D eigenvalue weighted by Gasteiger charge is -2.32. The first kappa shape index (κ1) is 18.0.